The van der Waals surface area contributed by atoms with Crippen LogP contribution >= 0.6 is 0 Å². The van der Waals surface area contributed by atoms with Gasteiger partial charge in [-0.15, -0.1) is 0 Å². The zero-order valence-corrected chi connectivity index (χ0v) is 28.1. The van der Waals surface area contributed by atoms with Crippen LogP contribution in [-0.4, -0.2) is 42.6 Å². The lowest BCUT2D eigenvalue weighted by Gasteiger charge is -2.64. The molecule has 8 rings (SSSR count). The molecule has 2 bridgehead atoms. The Balaban J connectivity index is 1.15. The lowest BCUT2D eigenvalue weighted by molar-refractivity contribution is -0.199. The molecule has 4 aliphatic carbocycles. The highest BCUT2D eigenvalue weighted by atomic mass is 16.7. The zero-order chi connectivity index (χ0) is 32.2. The van der Waals surface area contributed by atoms with Gasteiger partial charge in [0.05, 0.1) is 17.6 Å². The Bertz CT molecular complexity index is 1640. The Morgan fingerprint density at radius 3 is 2.50 bits per heavy atom. The lowest BCUT2D eigenvalue weighted by Crippen LogP contribution is -2.65. The van der Waals surface area contributed by atoms with E-state index in [-0.39, 0.29) is 34.9 Å². The minimum Gasteiger partial charge on any atom is -0.404 e. The van der Waals surface area contributed by atoms with E-state index in [1.54, 1.807) is 0 Å². The Morgan fingerprint density at radius 2 is 1.72 bits per heavy atom. The number of nitrogens with one attached hydrogen (secondary N) is 2. The van der Waals surface area contributed by atoms with Crippen LogP contribution in [0, 0.1) is 23.2 Å². The molecule has 1 aliphatic heterocycles. The average molecular weight is 621 g/mol. The molecule has 1 saturated heterocycles. The fourth-order valence-electron chi connectivity index (χ4n) is 9.14. The number of hydrogen-bond donors (Lipinski definition) is 2. The molecule has 1 heterocycles. The number of rotatable bonds is 9. The average Bonchev–Trinajstić information content (AvgIpc) is 3.41. The summed E-state index contributed by atoms with van der Waals surface area (Å²) < 4.78 is 13.5. The Hall–Kier alpha value is -3.16. The van der Waals surface area contributed by atoms with Crippen molar-refractivity contribution < 1.29 is 18.9 Å². The first-order valence-electron chi connectivity index (χ1n) is 17.6. The van der Waals surface area contributed by atoms with Gasteiger partial charge in [-0.2, -0.15) is 0 Å². The van der Waals surface area contributed by atoms with Crippen molar-refractivity contribution in [3.63, 3.8) is 0 Å². The molecule has 6 atom stereocenters. The zero-order valence-electron chi connectivity index (χ0n) is 28.1. The normalized spacial score (nSPS) is 27.3. The van der Waals surface area contributed by atoms with Crippen molar-refractivity contribution in [2.75, 3.05) is 0 Å². The van der Waals surface area contributed by atoms with Crippen LogP contribution in [0.2, 0.25) is 0 Å². The minimum absolute atomic E-state index is 0.0400. The maximum Gasteiger partial charge on any atom is 0.481 e. The molecule has 0 unspecified atom stereocenters. The van der Waals surface area contributed by atoms with Gasteiger partial charge >= 0.3 is 7.12 Å². The van der Waals surface area contributed by atoms with Crippen molar-refractivity contribution >= 4 is 29.7 Å². The van der Waals surface area contributed by atoms with Crippen LogP contribution in [-0.2, 0) is 33.4 Å². The molecule has 3 saturated carbocycles. The van der Waals surface area contributed by atoms with Crippen LogP contribution in [0.3, 0.4) is 0 Å². The summed E-state index contributed by atoms with van der Waals surface area (Å²) in [6.45, 7) is 11.3. The van der Waals surface area contributed by atoms with Crippen LogP contribution in [0.25, 0.3) is 10.8 Å². The molecule has 5 aliphatic rings. The fraction of sp³-hybridized carbons (Fsp3) is 0.538. The van der Waals surface area contributed by atoms with Crippen LogP contribution in [0.4, 0.5) is 0 Å². The SMILES string of the molecule is CC(C)C[C@H](NC(=O)[C@H](Cc1ccc2ccccc2c1)NC(=O)c1cccc2c1CCCC2)B1O[C@@H]2C[C@@H]3C[C@@H](C3(C)C)[C@]2(C)O1. The standard InChI is InChI=1S/C39H49BN2O4/c1-24(2)19-35(40-45-34-23-29-22-33(38(29,3)4)39(34,5)46-40)42-37(44)32(21-25-17-18-26-11-6-7-13-28(26)20-25)41-36(43)31-16-10-14-27-12-8-9-15-30(27)31/h6-7,10-11,13-14,16-18,20,24,29,32-35H,8-9,12,15,19,21-23H2,1-5H3,(H,41,43)(H,42,44)/t29-,32-,33-,34+,35-,39-/m0/s1. The highest BCUT2D eigenvalue weighted by Gasteiger charge is 2.68. The largest absolute Gasteiger partial charge is 0.481 e. The molecule has 2 amide bonds. The van der Waals surface area contributed by atoms with Gasteiger partial charge in [0.25, 0.3) is 5.91 Å². The monoisotopic (exact) mass is 620 g/mol. The number of hydrogen-bond acceptors (Lipinski definition) is 4. The third-order valence-corrected chi connectivity index (χ3v) is 11.9. The van der Waals surface area contributed by atoms with Crippen molar-refractivity contribution in [2.24, 2.45) is 23.2 Å². The van der Waals surface area contributed by atoms with E-state index in [0.29, 0.717) is 29.7 Å². The van der Waals surface area contributed by atoms with Gasteiger partial charge in [-0.25, -0.2) is 0 Å². The summed E-state index contributed by atoms with van der Waals surface area (Å²) >= 11 is 0. The fourth-order valence-corrected chi connectivity index (χ4v) is 9.14. The second-order valence-corrected chi connectivity index (χ2v) is 15.6. The highest BCUT2D eigenvalue weighted by Crippen LogP contribution is 2.65. The summed E-state index contributed by atoms with van der Waals surface area (Å²) in [5, 5.41) is 8.78. The van der Waals surface area contributed by atoms with E-state index >= 15 is 0 Å². The second kappa shape index (κ2) is 12.1. The van der Waals surface area contributed by atoms with E-state index in [0.717, 1.165) is 60.4 Å². The minimum atomic E-state index is -0.756. The van der Waals surface area contributed by atoms with Gasteiger partial charge in [0.15, 0.2) is 0 Å². The van der Waals surface area contributed by atoms with Gasteiger partial charge < -0.3 is 19.9 Å². The number of carbonyl (C=O) groups is 2. The number of carbonyl (C=O) groups excluding carboxylic acids is 2. The predicted molar refractivity (Wildman–Crippen MR) is 183 cm³/mol. The molecule has 4 fully saturated rings. The molecule has 242 valence electrons. The topological polar surface area (TPSA) is 76.7 Å². The number of amides is 2. The molecule has 0 spiro atoms. The van der Waals surface area contributed by atoms with Crippen LogP contribution < -0.4 is 10.6 Å². The summed E-state index contributed by atoms with van der Waals surface area (Å²) in [5.74, 6) is 0.711. The Labute approximate surface area is 274 Å². The van der Waals surface area contributed by atoms with Gasteiger partial charge in [0, 0.05) is 12.0 Å². The van der Waals surface area contributed by atoms with Gasteiger partial charge in [0.2, 0.25) is 5.91 Å². The third kappa shape index (κ3) is 5.68. The van der Waals surface area contributed by atoms with E-state index in [4.69, 9.17) is 9.31 Å². The molecule has 3 aromatic carbocycles. The summed E-state index contributed by atoms with van der Waals surface area (Å²) in [6.07, 6.45) is 7.44. The molecule has 2 N–H and O–H groups in total. The molecular weight excluding hydrogens is 571 g/mol. The number of fused-ring (bicyclic) bond motifs is 2. The van der Waals surface area contributed by atoms with E-state index in [1.165, 1.54) is 12.0 Å². The number of aryl methyl sites for hydroxylation is 1. The Kier molecular flexibility index (Phi) is 8.30. The highest BCUT2D eigenvalue weighted by molar-refractivity contribution is 6.48. The predicted octanol–water partition coefficient (Wildman–Crippen LogP) is 6.86. The van der Waals surface area contributed by atoms with Gasteiger partial charge in [-0.05, 0) is 109 Å². The first-order chi connectivity index (χ1) is 22.0. The summed E-state index contributed by atoms with van der Waals surface area (Å²) in [4.78, 5) is 28.3. The van der Waals surface area contributed by atoms with E-state index < -0.39 is 13.2 Å². The van der Waals surface area contributed by atoms with E-state index in [2.05, 4.69) is 81.7 Å². The Morgan fingerprint density at radius 1 is 0.935 bits per heavy atom. The third-order valence-electron chi connectivity index (χ3n) is 11.9. The molecule has 6 nitrogen and oxygen atoms in total. The van der Waals surface area contributed by atoms with Crippen molar-refractivity contribution in [2.45, 2.75) is 110 Å². The van der Waals surface area contributed by atoms with Crippen LogP contribution in [0.1, 0.15) is 93.8 Å². The van der Waals surface area contributed by atoms with Crippen molar-refractivity contribution in [1.82, 2.24) is 10.6 Å². The molecule has 0 radical (unpaired) electrons. The lowest BCUT2D eigenvalue weighted by atomic mass is 9.43. The molecule has 46 heavy (non-hydrogen) atoms. The first kappa shape index (κ1) is 31.4. The van der Waals surface area contributed by atoms with E-state index in [9.17, 15) is 9.59 Å². The molecular formula is C39H49BN2O4. The van der Waals surface area contributed by atoms with Crippen LogP contribution in [0.15, 0.2) is 60.7 Å². The number of benzene rings is 3. The molecule has 3 aromatic rings. The quantitative estimate of drug-likeness (QED) is 0.257. The first-order valence-corrected chi connectivity index (χ1v) is 17.6. The maximum atomic E-state index is 14.3. The van der Waals surface area contributed by atoms with Crippen molar-refractivity contribution in [1.29, 1.82) is 0 Å². The second-order valence-electron chi connectivity index (χ2n) is 15.6. The van der Waals surface area contributed by atoms with Crippen LogP contribution in [0.5, 0.6) is 0 Å². The van der Waals surface area contributed by atoms with Crippen molar-refractivity contribution in [3.8, 4) is 0 Å². The molecule has 0 aromatic heterocycles. The van der Waals surface area contributed by atoms with E-state index in [1.807, 2.05) is 24.3 Å². The smallest absolute Gasteiger partial charge is 0.404 e. The summed E-state index contributed by atoms with van der Waals surface area (Å²) in [6, 6.07) is 19.8. The molecule has 7 heteroatoms. The van der Waals surface area contributed by atoms with Gasteiger partial charge in [-0.1, -0.05) is 82.3 Å². The van der Waals surface area contributed by atoms with Gasteiger partial charge in [-0.3, -0.25) is 9.59 Å². The summed E-state index contributed by atoms with van der Waals surface area (Å²) in [7, 11) is -0.519. The van der Waals surface area contributed by atoms with Gasteiger partial charge in [0.1, 0.15) is 6.04 Å². The maximum absolute atomic E-state index is 14.3. The summed E-state index contributed by atoms with van der Waals surface area (Å²) in [5.41, 5.74) is 3.95. The van der Waals surface area contributed by atoms with Crippen molar-refractivity contribution in [3.05, 3.63) is 82.9 Å².